The highest BCUT2D eigenvalue weighted by Crippen LogP contribution is 2.35. The van der Waals surface area contributed by atoms with Gasteiger partial charge in [-0.3, -0.25) is 4.90 Å². The summed E-state index contributed by atoms with van der Waals surface area (Å²) in [7, 11) is 1.51. The van der Waals surface area contributed by atoms with Crippen LogP contribution in [0.4, 0.5) is 0 Å². The Balaban J connectivity index is 1.72. The van der Waals surface area contributed by atoms with Crippen molar-refractivity contribution in [1.29, 1.82) is 0 Å². The van der Waals surface area contributed by atoms with E-state index >= 15 is 0 Å². The van der Waals surface area contributed by atoms with Crippen LogP contribution in [0.3, 0.4) is 0 Å². The number of carbonyl (C=O) groups is 2. The number of carboxylic acid groups (broad SMARTS) is 2. The van der Waals surface area contributed by atoms with Crippen LogP contribution in [-0.2, 0) is 11.3 Å². The number of benzene rings is 2. The van der Waals surface area contributed by atoms with E-state index < -0.39 is 17.5 Å². The first-order valence-corrected chi connectivity index (χ1v) is 9.04. The molecule has 1 heterocycles. The largest absolute Gasteiger partial charge is 0.493 e. The Labute approximate surface area is 163 Å². The van der Waals surface area contributed by atoms with Crippen LogP contribution in [0, 0.1) is 0 Å². The predicted octanol–water partition coefficient (Wildman–Crippen LogP) is 2.89. The van der Waals surface area contributed by atoms with Crippen LogP contribution >= 0.6 is 0 Å². The predicted molar refractivity (Wildman–Crippen MR) is 102 cm³/mol. The summed E-state index contributed by atoms with van der Waals surface area (Å²) < 4.78 is 11.2. The van der Waals surface area contributed by atoms with Crippen LogP contribution < -0.4 is 9.47 Å². The maximum atomic E-state index is 12.0. The van der Waals surface area contributed by atoms with Crippen molar-refractivity contribution >= 4 is 11.9 Å². The van der Waals surface area contributed by atoms with Crippen molar-refractivity contribution in [2.45, 2.75) is 25.0 Å². The van der Waals surface area contributed by atoms with Crippen LogP contribution in [0.1, 0.15) is 28.8 Å². The number of aliphatic carboxylic acids is 1. The van der Waals surface area contributed by atoms with Gasteiger partial charge in [-0.15, -0.1) is 0 Å². The van der Waals surface area contributed by atoms with E-state index in [9.17, 15) is 19.8 Å². The third kappa shape index (κ3) is 4.09. The van der Waals surface area contributed by atoms with E-state index in [-0.39, 0.29) is 18.4 Å². The topological polar surface area (TPSA) is 96.3 Å². The standard InChI is InChI=1S/C21H23NO6/c1-27-17-8-4-5-9-18(17)28-21(20(25)26)10-12-22(13-11-21)14-15-6-2-3-7-16(15)19(23)24/h2-9H,10-14H2,1H3,(H,23,24)(H,25,26). The molecule has 7 heteroatoms. The minimum Gasteiger partial charge on any atom is -0.493 e. The average Bonchev–Trinajstić information content (AvgIpc) is 2.70. The fourth-order valence-corrected chi connectivity index (χ4v) is 3.45. The Kier molecular flexibility index (Phi) is 5.84. The number of piperidine rings is 1. The van der Waals surface area contributed by atoms with Gasteiger partial charge in [-0.1, -0.05) is 30.3 Å². The Morgan fingerprint density at radius 1 is 1.00 bits per heavy atom. The molecule has 0 aromatic heterocycles. The first kappa shape index (κ1) is 19.7. The van der Waals surface area contributed by atoms with Crippen molar-refractivity contribution in [2.75, 3.05) is 20.2 Å². The summed E-state index contributed by atoms with van der Waals surface area (Å²) in [6.45, 7) is 1.41. The molecule has 3 rings (SSSR count). The van der Waals surface area contributed by atoms with Crippen LogP contribution in [0.5, 0.6) is 11.5 Å². The lowest BCUT2D eigenvalue weighted by atomic mass is 9.90. The first-order valence-electron chi connectivity index (χ1n) is 9.04. The second-order valence-corrected chi connectivity index (χ2v) is 6.79. The zero-order valence-electron chi connectivity index (χ0n) is 15.6. The summed E-state index contributed by atoms with van der Waals surface area (Å²) in [6.07, 6.45) is 0.575. The Hall–Kier alpha value is -3.06. The molecular weight excluding hydrogens is 362 g/mol. The van der Waals surface area contributed by atoms with Gasteiger partial charge in [-0.2, -0.15) is 0 Å². The van der Waals surface area contributed by atoms with Gasteiger partial charge in [0.25, 0.3) is 0 Å². The number of carboxylic acids is 2. The van der Waals surface area contributed by atoms with Gasteiger partial charge in [-0.25, -0.2) is 9.59 Å². The smallest absolute Gasteiger partial charge is 0.348 e. The number of para-hydroxylation sites is 2. The van der Waals surface area contributed by atoms with Gasteiger partial charge in [0.1, 0.15) is 0 Å². The summed E-state index contributed by atoms with van der Waals surface area (Å²) in [6, 6.07) is 13.8. The van der Waals surface area contributed by atoms with Crippen LogP contribution in [0.2, 0.25) is 0 Å². The van der Waals surface area contributed by atoms with Gasteiger partial charge in [-0.05, 0) is 23.8 Å². The zero-order chi connectivity index (χ0) is 20.1. The summed E-state index contributed by atoms with van der Waals surface area (Å²) in [5, 5.41) is 19.2. The van der Waals surface area contributed by atoms with Gasteiger partial charge in [0.05, 0.1) is 12.7 Å². The van der Waals surface area contributed by atoms with E-state index in [0.29, 0.717) is 36.7 Å². The number of rotatable bonds is 7. The maximum absolute atomic E-state index is 12.0. The highest BCUT2D eigenvalue weighted by Gasteiger charge is 2.44. The van der Waals surface area contributed by atoms with Crippen molar-refractivity contribution in [3.8, 4) is 11.5 Å². The van der Waals surface area contributed by atoms with E-state index in [0.717, 1.165) is 0 Å². The summed E-state index contributed by atoms with van der Waals surface area (Å²) in [5.74, 6) is -1.09. The van der Waals surface area contributed by atoms with Gasteiger partial charge in [0.15, 0.2) is 11.5 Å². The van der Waals surface area contributed by atoms with Crippen molar-refractivity contribution in [2.24, 2.45) is 0 Å². The summed E-state index contributed by atoms with van der Waals surface area (Å²) >= 11 is 0. The molecule has 1 fully saturated rings. The molecule has 28 heavy (non-hydrogen) atoms. The number of nitrogens with zero attached hydrogens (tertiary/aromatic N) is 1. The van der Waals surface area contributed by atoms with Crippen molar-refractivity contribution < 1.29 is 29.3 Å². The molecule has 1 aliphatic rings. The highest BCUT2D eigenvalue weighted by atomic mass is 16.5. The fourth-order valence-electron chi connectivity index (χ4n) is 3.45. The van der Waals surface area contributed by atoms with Gasteiger partial charge in [0.2, 0.25) is 5.60 Å². The molecule has 0 radical (unpaired) electrons. The number of hydrogen-bond donors (Lipinski definition) is 2. The Bertz CT molecular complexity index is 857. The zero-order valence-corrected chi connectivity index (χ0v) is 15.6. The molecule has 0 amide bonds. The third-order valence-corrected chi connectivity index (χ3v) is 5.07. The molecule has 0 saturated carbocycles. The number of aromatic carboxylic acids is 1. The van der Waals surface area contributed by atoms with Crippen LogP contribution in [0.15, 0.2) is 48.5 Å². The van der Waals surface area contributed by atoms with Crippen molar-refractivity contribution in [1.82, 2.24) is 4.90 Å². The lowest BCUT2D eigenvalue weighted by molar-refractivity contribution is -0.160. The second-order valence-electron chi connectivity index (χ2n) is 6.79. The molecule has 0 bridgehead atoms. The fraction of sp³-hybridized carbons (Fsp3) is 0.333. The van der Waals surface area contributed by atoms with Crippen LogP contribution in [-0.4, -0.2) is 52.9 Å². The summed E-state index contributed by atoms with van der Waals surface area (Å²) in [4.78, 5) is 25.5. The molecule has 0 unspecified atom stereocenters. The van der Waals surface area contributed by atoms with E-state index in [2.05, 4.69) is 4.90 Å². The molecule has 1 aliphatic heterocycles. The number of hydrogen-bond acceptors (Lipinski definition) is 5. The molecule has 2 N–H and O–H groups in total. The van der Waals surface area contributed by atoms with Crippen molar-refractivity contribution in [3.63, 3.8) is 0 Å². The first-order chi connectivity index (χ1) is 13.4. The van der Waals surface area contributed by atoms with Gasteiger partial charge < -0.3 is 19.7 Å². The quantitative estimate of drug-likeness (QED) is 0.756. The molecule has 0 aliphatic carbocycles. The minimum atomic E-state index is -1.34. The highest BCUT2D eigenvalue weighted by molar-refractivity contribution is 5.89. The normalized spacial score (nSPS) is 16.3. The lowest BCUT2D eigenvalue weighted by Crippen LogP contribution is -2.53. The molecule has 148 valence electrons. The Morgan fingerprint density at radius 3 is 2.21 bits per heavy atom. The number of ether oxygens (including phenoxy) is 2. The Morgan fingerprint density at radius 2 is 1.61 bits per heavy atom. The number of methoxy groups -OCH3 is 1. The maximum Gasteiger partial charge on any atom is 0.348 e. The minimum absolute atomic E-state index is 0.267. The monoisotopic (exact) mass is 385 g/mol. The molecule has 0 spiro atoms. The van der Waals surface area contributed by atoms with E-state index in [1.165, 1.54) is 7.11 Å². The van der Waals surface area contributed by atoms with Crippen LogP contribution in [0.25, 0.3) is 0 Å². The van der Waals surface area contributed by atoms with E-state index in [1.54, 1.807) is 48.5 Å². The van der Waals surface area contributed by atoms with Gasteiger partial charge in [0, 0.05) is 32.5 Å². The molecular formula is C21H23NO6. The molecule has 2 aromatic carbocycles. The van der Waals surface area contributed by atoms with E-state index in [1.807, 2.05) is 0 Å². The van der Waals surface area contributed by atoms with E-state index in [4.69, 9.17) is 9.47 Å². The third-order valence-electron chi connectivity index (χ3n) is 5.07. The molecule has 2 aromatic rings. The molecule has 7 nitrogen and oxygen atoms in total. The second kappa shape index (κ2) is 8.31. The SMILES string of the molecule is COc1ccccc1OC1(C(=O)O)CCN(Cc2ccccc2C(=O)O)CC1. The average molecular weight is 385 g/mol. The van der Waals surface area contributed by atoms with Crippen molar-refractivity contribution in [3.05, 3.63) is 59.7 Å². The summed E-state index contributed by atoms with van der Waals surface area (Å²) in [5.41, 5.74) is -0.358. The molecule has 0 atom stereocenters. The molecule has 1 saturated heterocycles. The van der Waals surface area contributed by atoms with Gasteiger partial charge >= 0.3 is 11.9 Å². The number of likely N-dealkylation sites (tertiary alicyclic amines) is 1. The lowest BCUT2D eigenvalue weighted by Gasteiger charge is -2.39.